The second kappa shape index (κ2) is 5.95. The Hall–Kier alpha value is -1.18. The van der Waals surface area contributed by atoms with E-state index in [9.17, 15) is 0 Å². The van der Waals surface area contributed by atoms with Crippen molar-refractivity contribution < 1.29 is 9.47 Å². The highest BCUT2D eigenvalue weighted by molar-refractivity contribution is 5.45. The van der Waals surface area contributed by atoms with Crippen LogP contribution < -0.4 is 9.47 Å². The van der Waals surface area contributed by atoms with Gasteiger partial charge in [0.1, 0.15) is 11.5 Å². The molecule has 94 valence electrons. The molecule has 0 amide bonds. The fourth-order valence-corrected chi connectivity index (χ4v) is 2.81. The van der Waals surface area contributed by atoms with Crippen molar-refractivity contribution in [2.45, 2.75) is 38.5 Å². The Labute approximate surface area is 104 Å². The molecular weight excluding hydrogens is 212 g/mol. The van der Waals surface area contributed by atoms with E-state index in [1.165, 1.54) is 37.7 Å². The quantitative estimate of drug-likeness (QED) is 0.788. The normalized spacial score (nSPS) is 16.8. The summed E-state index contributed by atoms with van der Waals surface area (Å²) in [6.45, 7) is 0. The van der Waals surface area contributed by atoms with Gasteiger partial charge in [0.25, 0.3) is 0 Å². The highest BCUT2D eigenvalue weighted by Crippen LogP contribution is 2.34. The van der Waals surface area contributed by atoms with Crippen LogP contribution in [0.25, 0.3) is 0 Å². The summed E-state index contributed by atoms with van der Waals surface area (Å²) < 4.78 is 10.9. The number of methoxy groups -OCH3 is 2. The minimum absolute atomic E-state index is 0.800. The number of hydrogen-bond donors (Lipinski definition) is 0. The predicted molar refractivity (Wildman–Crippen MR) is 69.8 cm³/mol. The molecule has 0 heterocycles. The van der Waals surface area contributed by atoms with Crippen molar-refractivity contribution in [2.75, 3.05) is 14.2 Å². The minimum atomic E-state index is 0.800. The Morgan fingerprint density at radius 2 is 1.59 bits per heavy atom. The standard InChI is InChI=1S/C15H22O2/c1-16-14-9-6-10-15(17-2)13(14)11-12-7-4-3-5-8-12/h6,9-10,12H,3-5,7-8,11H2,1-2H3. The van der Waals surface area contributed by atoms with E-state index in [2.05, 4.69) is 0 Å². The molecule has 0 unspecified atom stereocenters. The van der Waals surface area contributed by atoms with Crippen molar-refractivity contribution in [3.8, 4) is 11.5 Å². The van der Waals surface area contributed by atoms with Crippen LogP contribution in [0.1, 0.15) is 37.7 Å². The average molecular weight is 234 g/mol. The number of ether oxygens (including phenoxy) is 2. The summed E-state index contributed by atoms with van der Waals surface area (Å²) in [4.78, 5) is 0. The van der Waals surface area contributed by atoms with E-state index in [0.29, 0.717) is 0 Å². The molecule has 0 N–H and O–H groups in total. The lowest BCUT2D eigenvalue weighted by Crippen LogP contribution is -2.10. The van der Waals surface area contributed by atoms with Gasteiger partial charge in [-0.2, -0.15) is 0 Å². The molecule has 0 atom stereocenters. The van der Waals surface area contributed by atoms with Gasteiger partial charge in [0.05, 0.1) is 14.2 Å². The predicted octanol–water partition coefficient (Wildman–Crippen LogP) is 3.83. The second-order valence-corrected chi connectivity index (χ2v) is 4.85. The summed E-state index contributed by atoms with van der Waals surface area (Å²) in [6.07, 6.45) is 7.94. The summed E-state index contributed by atoms with van der Waals surface area (Å²) >= 11 is 0. The summed E-state index contributed by atoms with van der Waals surface area (Å²) in [5.41, 5.74) is 1.24. The zero-order valence-electron chi connectivity index (χ0n) is 10.9. The van der Waals surface area contributed by atoms with E-state index < -0.39 is 0 Å². The molecule has 17 heavy (non-hydrogen) atoms. The van der Waals surface area contributed by atoms with E-state index in [-0.39, 0.29) is 0 Å². The lowest BCUT2D eigenvalue weighted by Gasteiger charge is -2.23. The molecule has 1 aromatic rings. The lowest BCUT2D eigenvalue weighted by molar-refractivity contribution is 0.337. The third-order valence-corrected chi connectivity index (χ3v) is 3.75. The molecule has 0 bridgehead atoms. The van der Waals surface area contributed by atoms with Gasteiger partial charge in [0, 0.05) is 5.56 Å². The molecule has 1 aliphatic rings. The van der Waals surface area contributed by atoms with Gasteiger partial charge in [0.2, 0.25) is 0 Å². The molecule has 0 radical (unpaired) electrons. The maximum Gasteiger partial charge on any atom is 0.125 e. The van der Waals surface area contributed by atoms with Crippen molar-refractivity contribution >= 4 is 0 Å². The van der Waals surface area contributed by atoms with E-state index in [0.717, 1.165) is 23.8 Å². The van der Waals surface area contributed by atoms with E-state index in [1.54, 1.807) is 14.2 Å². The number of hydrogen-bond acceptors (Lipinski definition) is 2. The summed E-state index contributed by atoms with van der Waals surface area (Å²) in [6, 6.07) is 6.05. The first-order valence-corrected chi connectivity index (χ1v) is 6.55. The first kappa shape index (κ1) is 12.3. The molecule has 0 aromatic heterocycles. The van der Waals surface area contributed by atoms with Crippen LogP contribution >= 0.6 is 0 Å². The van der Waals surface area contributed by atoms with E-state index >= 15 is 0 Å². The molecule has 1 aromatic carbocycles. The van der Waals surface area contributed by atoms with Gasteiger partial charge in [-0.05, 0) is 24.5 Å². The Balaban J connectivity index is 2.16. The van der Waals surface area contributed by atoms with Crippen LogP contribution in [-0.2, 0) is 6.42 Å². The van der Waals surface area contributed by atoms with Gasteiger partial charge in [-0.1, -0.05) is 38.2 Å². The topological polar surface area (TPSA) is 18.5 Å². The average Bonchev–Trinajstić information content (AvgIpc) is 2.40. The highest BCUT2D eigenvalue weighted by Gasteiger charge is 2.18. The summed E-state index contributed by atoms with van der Waals surface area (Å²) in [5.74, 6) is 2.73. The second-order valence-electron chi connectivity index (χ2n) is 4.85. The third-order valence-electron chi connectivity index (χ3n) is 3.75. The van der Waals surface area contributed by atoms with Crippen molar-refractivity contribution in [2.24, 2.45) is 5.92 Å². The largest absolute Gasteiger partial charge is 0.496 e. The third kappa shape index (κ3) is 2.93. The van der Waals surface area contributed by atoms with Gasteiger partial charge in [-0.25, -0.2) is 0 Å². The van der Waals surface area contributed by atoms with Crippen molar-refractivity contribution in [1.29, 1.82) is 0 Å². The van der Waals surface area contributed by atoms with Gasteiger partial charge in [-0.3, -0.25) is 0 Å². The number of rotatable bonds is 4. The zero-order valence-corrected chi connectivity index (χ0v) is 10.9. The Morgan fingerprint density at radius 3 is 2.12 bits per heavy atom. The first-order valence-electron chi connectivity index (χ1n) is 6.55. The molecule has 0 saturated heterocycles. The molecular formula is C15H22O2. The molecule has 1 fully saturated rings. The first-order chi connectivity index (χ1) is 8.35. The summed E-state index contributed by atoms with van der Waals surface area (Å²) in [7, 11) is 3.47. The zero-order chi connectivity index (χ0) is 12.1. The maximum absolute atomic E-state index is 5.45. The van der Waals surface area contributed by atoms with Gasteiger partial charge in [-0.15, -0.1) is 0 Å². The lowest BCUT2D eigenvalue weighted by atomic mass is 9.84. The Bertz CT molecular complexity index is 332. The molecule has 2 nitrogen and oxygen atoms in total. The van der Waals surface area contributed by atoms with Crippen LogP contribution in [0.4, 0.5) is 0 Å². The maximum atomic E-state index is 5.45. The van der Waals surface area contributed by atoms with Crippen molar-refractivity contribution in [1.82, 2.24) is 0 Å². The van der Waals surface area contributed by atoms with Crippen LogP contribution in [0, 0.1) is 5.92 Å². The van der Waals surface area contributed by atoms with Crippen LogP contribution in [-0.4, -0.2) is 14.2 Å². The Kier molecular flexibility index (Phi) is 4.29. The molecule has 0 aliphatic heterocycles. The molecule has 1 saturated carbocycles. The molecule has 2 rings (SSSR count). The molecule has 0 spiro atoms. The summed E-state index contributed by atoms with van der Waals surface area (Å²) in [5, 5.41) is 0. The van der Waals surface area contributed by atoms with Crippen LogP contribution in [0.15, 0.2) is 18.2 Å². The smallest absolute Gasteiger partial charge is 0.125 e. The van der Waals surface area contributed by atoms with Crippen LogP contribution in [0.2, 0.25) is 0 Å². The highest BCUT2D eigenvalue weighted by atomic mass is 16.5. The van der Waals surface area contributed by atoms with Crippen molar-refractivity contribution in [3.63, 3.8) is 0 Å². The van der Waals surface area contributed by atoms with Gasteiger partial charge >= 0.3 is 0 Å². The van der Waals surface area contributed by atoms with Gasteiger partial charge < -0.3 is 9.47 Å². The number of benzene rings is 1. The van der Waals surface area contributed by atoms with Crippen LogP contribution in [0.3, 0.4) is 0 Å². The fourth-order valence-electron chi connectivity index (χ4n) is 2.81. The fraction of sp³-hybridized carbons (Fsp3) is 0.600. The molecule has 1 aliphatic carbocycles. The van der Waals surface area contributed by atoms with Crippen molar-refractivity contribution in [3.05, 3.63) is 23.8 Å². The van der Waals surface area contributed by atoms with E-state index in [4.69, 9.17) is 9.47 Å². The van der Waals surface area contributed by atoms with Gasteiger partial charge in [0.15, 0.2) is 0 Å². The monoisotopic (exact) mass is 234 g/mol. The van der Waals surface area contributed by atoms with E-state index in [1.807, 2.05) is 18.2 Å². The van der Waals surface area contributed by atoms with Crippen LogP contribution in [0.5, 0.6) is 11.5 Å². The minimum Gasteiger partial charge on any atom is -0.496 e. The molecule has 2 heteroatoms. The SMILES string of the molecule is COc1cccc(OC)c1CC1CCCCC1. The Morgan fingerprint density at radius 1 is 1.00 bits per heavy atom.